The van der Waals surface area contributed by atoms with E-state index in [-0.39, 0.29) is 0 Å². The van der Waals surface area contributed by atoms with Gasteiger partial charge in [0.1, 0.15) is 5.82 Å². The SMILES string of the molecule is c1ccc(-c2cc(-c3ccc(N(c4ccc(-c5ccc6c(ccc7ccccc76)c5)cc4)c4ccc5ccccc5n4)cc3)nc3cccnc23)cc1. The zero-order valence-electron chi connectivity index (χ0n) is 28.8. The highest BCUT2D eigenvalue weighted by molar-refractivity contribution is 6.08. The summed E-state index contributed by atoms with van der Waals surface area (Å²) in [7, 11) is 0. The molecule has 4 heteroatoms. The third-order valence-corrected chi connectivity index (χ3v) is 10.1. The lowest BCUT2D eigenvalue weighted by atomic mass is 9.97. The first-order valence-electron chi connectivity index (χ1n) is 17.8. The van der Waals surface area contributed by atoms with Crippen LogP contribution in [0.4, 0.5) is 17.2 Å². The molecule has 0 aliphatic rings. The molecule has 0 unspecified atom stereocenters. The molecule has 0 amide bonds. The van der Waals surface area contributed by atoms with Crippen LogP contribution in [0.3, 0.4) is 0 Å². The number of pyridine rings is 3. The molecule has 10 aromatic rings. The molecule has 4 nitrogen and oxygen atoms in total. The van der Waals surface area contributed by atoms with Crippen molar-refractivity contribution in [1.29, 1.82) is 0 Å². The van der Waals surface area contributed by atoms with E-state index in [1.807, 2.05) is 36.5 Å². The van der Waals surface area contributed by atoms with Crippen LogP contribution >= 0.6 is 0 Å². The van der Waals surface area contributed by atoms with Crippen molar-refractivity contribution >= 4 is 60.7 Å². The predicted molar refractivity (Wildman–Crippen MR) is 221 cm³/mol. The van der Waals surface area contributed by atoms with Gasteiger partial charge in [0.15, 0.2) is 0 Å². The Kier molecular flexibility index (Phi) is 7.43. The molecule has 0 atom stereocenters. The minimum Gasteiger partial charge on any atom is -0.295 e. The third kappa shape index (κ3) is 5.63. The molecule has 248 valence electrons. The third-order valence-electron chi connectivity index (χ3n) is 10.1. The van der Waals surface area contributed by atoms with Gasteiger partial charge in [-0.15, -0.1) is 0 Å². The molecule has 0 N–H and O–H groups in total. The van der Waals surface area contributed by atoms with E-state index >= 15 is 0 Å². The molecule has 3 heterocycles. The largest absolute Gasteiger partial charge is 0.295 e. The number of rotatable bonds is 6. The molecule has 53 heavy (non-hydrogen) atoms. The fourth-order valence-electron chi connectivity index (χ4n) is 7.42. The van der Waals surface area contributed by atoms with Crippen LogP contribution in [0, 0.1) is 0 Å². The lowest BCUT2D eigenvalue weighted by Gasteiger charge is -2.25. The van der Waals surface area contributed by atoms with Crippen molar-refractivity contribution < 1.29 is 0 Å². The molecule has 0 saturated heterocycles. The maximum Gasteiger partial charge on any atom is 0.138 e. The quantitative estimate of drug-likeness (QED) is 0.164. The Hall–Kier alpha value is -7.17. The van der Waals surface area contributed by atoms with Crippen LogP contribution in [0.25, 0.3) is 77.0 Å². The van der Waals surface area contributed by atoms with Crippen LogP contribution in [-0.4, -0.2) is 15.0 Å². The van der Waals surface area contributed by atoms with Crippen LogP contribution in [0.5, 0.6) is 0 Å². The summed E-state index contributed by atoms with van der Waals surface area (Å²) in [5, 5.41) is 6.15. The average Bonchev–Trinajstić information content (AvgIpc) is 3.24. The van der Waals surface area contributed by atoms with Gasteiger partial charge in [-0.25, -0.2) is 9.97 Å². The lowest BCUT2D eigenvalue weighted by Crippen LogP contribution is -2.11. The lowest BCUT2D eigenvalue weighted by molar-refractivity contribution is 1.21. The number of nitrogens with zero attached hydrogens (tertiary/aromatic N) is 4. The molecule has 7 aromatic carbocycles. The van der Waals surface area contributed by atoms with Gasteiger partial charge in [0.2, 0.25) is 0 Å². The van der Waals surface area contributed by atoms with E-state index in [1.165, 1.54) is 27.1 Å². The van der Waals surface area contributed by atoms with Crippen LogP contribution in [-0.2, 0) is 0 Å². The number of aromatic nitrogens is 3. The van der Waals surface area contributed by atoms with Gasteiger partial charge in [0, 0.05) is 34.1 Å². The van der Waals surface area contributed by atoms with Crippen molar-refractivity contribution in [1.82, 2.24) is 15.0 Å². The van der Waals surface area contributed by atoms with Crippen molar-refractivity contribution in [3.05, 3.63) is 194 Å². The Balaban J connectivity index is 1.04. The van der Waals surface area contributed by atoms with E-state index in [4.69, 9.17) is 15.0 Å². The van der Waals surface area contributed by atoms with Gasteiger partial charge in [-0.2, -0.15) is 0 Å². The normalized spacial score (nSPS) is 11.4. The number of benzene rings is 7. The van der Waals surface area contributed by atoms with Gasteiger partial charge in [-0.3, -0.25) is 9.88 Å². The van der Waals surface area contributed by atoms with Crippen LogP contribution in [0.1, 0.15) is 0 Å². The summed E-state index contributed by atoms with van der Waals surface area (Å²) >= 11 is 0. The monoisotopic (exact) mass is 676 g/mol. The second-order valence-corrected chi connectivity index (χ2v) is 13.3. The first kappa shape index (κ1) is 30.6. The zero-order valence-corrected chi connectivity index (χ0v) is 28.8. The zero-order chi connectivity index (χ0) is 35.1. The minimum atomic E-state index is 0.850. The molecule has 0 radical (unpaired) electrons. The van der Waals surface area contributed by atoms with Gasteiger partial charge in [0.25, 0.3) is 0 Å². The second kappa shape index (κ2) is 12.9. The Morgan fingerprint density at radius 3 is 1.85 bits per heavy atom. The van der Waals surface area contributed by atoms with Crippen LogP contribution < -0.4 is 4.90 Å². The van der Waals surface area contributed by atoms with E-state index in [2.05, 4.69) is 163 Å². The van der Waals surface area contributed by atoms with Crippen molar-refractivity contribution in [2.45, 2.75) is 0 Å². The van der Waals surface area contributed by atoms with Crippen LogP contribution in [0.2, 0.25) is 0 Å². The summed E-state index contributed by atoms with van der Waals surface area (Å²) in [6.07, 6.45) is 1.83. The fourth-order valence-corrected chi connectivity index (χ4v) is 7.42. The average molecular weight is 677 g/mol. The Labute approximate surface area is 307 Å². The summed E-state index contributed by atoms with van der Waals surface area (Å²) in [4.78, 5) is 17.1. The molecule has 3 aromatic heterocycles. The molecule has 0 bridgehead atoms. The summed E-state index contributed by atoms with van der Waals surface area (Å²) in [6.45, 7) is 0. The predicted octanol–water partition coefficient (Wildman–Crippen LogP) is 13.0. The van der Waals surface area contributed by atoms with Gasteiger partial charge in [0.05, 0.1) is 22.2 Å². The molecular formula is C49H32N4. The van der Waals surface area contributed by atoms with Crippen molar-refractivity contribution in [3.8, 4) is 33.5 Å². The molecule has 0 fully saturated rings. The second-order valence-electron chi connectivity index (χ2n) is 13.3. The maximum absolute atomic E-state index is 5.13. The molecular weight excluding hydrogens is 645 g/mol. The van der Waals surface area contributed by atoms with E-state index in [1.54, 1.807) is 0 Å². The van der Waals surface area contributed by atoms with Crippen LogP contribution in [0.15, 0.2) is 194 Å². The number of hydrogen-bond acceptors (Lipinski definition) is 4. The highest BCUT2D eigenvalue weighted by Gasteiger charge is 2.17. The van der Waals surface area contributed by atoms with E-state index in [0.29, 0.717) is 0 Å². The smallest absolute Gasteiger partial charge is 0.138 e. The molecule has 10 rings (SSSR count). The Morgan fingerprint density at radius 1 is 0.377 bits per heavy atom. The Morgan fingerprint density at radius 2 is 1.02 bits per heavy atom. The number of hydrogen-bond donors (Lipinski definition) is 0. The van der Waals surface area contributed by atoms with Crippen molar-refractivity contribution in [2.24, 2.45) is 0 Å². The van der Waals surface area contributed by atoms with Crippen molar-refractivity contribution in [3.63, 3.8) is 0 Å². The topological polar surface area (TPSA) is 41.9 Å². The first-order valence-corrected chi connectivity index (χ1v) is 17.8. The summed E-state index contributed by atoms with van der Waals surface area (Å²) in [5.74, 6) is 0.850. The summed E-state index contributed by atoms with van der Waals surface area (Å²) in [6, 6.07) is 66.2. The first-order chi connectivity index (χ1) is 26.2. The summed E-state index contributed by atoms with van der Waals surface area (Å²) < 4.78 is 0. The molecule has 0 aliphatic carbocycles. The molecule has 0 aliphatic heterocycles. The maximum atomic E-state index is 5.13. The van der Waals surface area contributed by atoms with Gasteiger partial charge >= 0.3 is 0 Å². The molecule has 0 saturated carbocycles. The molecule has 0 spiro atoms. The minimum absolute atomic E-state index is 0.850. The Bertz CT molecular complexity index is 2940. The van der Waals surface area contributed by atoms with E-state index in [0.717, 1.165) is 67.1 Å². The van der Waals surface area contributed by atoms with Crippen molar-refractivity contribution in [2.75, 3.05) is 4.90 Å². The van der Waals surface area contributed by atoms with E-state index < -0.39 is 0 Å². The van der Waals surface area contributed by atoms with E-state index in [9.17, 15) is 0 Å². The van der Waals surface area contributed by atoms with Gasteiger partial charge in [-0.05, 0) is 105 Å². The standard InChI is InChI=1S/C49H32N4/c1-2-9-34(10-3-1)44-32-47(51-46-15-8-30-50-49(44)46)37-20-26-41(27-21-37)53(48-29-23-36-12-5-7-14-45(36)52-48)40-24-18-33(19-25-40)38-22-28-43-39(31-38)17-16-35-11-4-6-13-42(35)43/h1-32H. The highest BCUT2D eigenvalue weighted by Crippen LogP contribution is 2.38. The van der Waals surface area contributed by atoms with Gasteiger partial charge < -0.3 is 0 Å². The number of para-hydroxylation sites is 1. The fraction of sp³-hybridized carbons (Fsp3) is 0. The number of fused-ring (bicyclic) bond motifs is 5. The van der Waals surface area contributed by atoms with Gasteiger partial charge in [-0.1, -0.05) is 121 Å². The summed E-state index contributed by atoms with van der Waals surface area (Å²) in [5.41, 5.74) is 11.2. The highest BCUT2D eigenvalue weighted by atomic mass is 15.2. The number of anilines is 3.